The van der Waals surface area contributed by atoms with Gasteiger partial charge in [-0.3, -0.25) is 4.90 Å². The van der Waals surface area contributed by atoms with Crippen LogP contribution in [0.25, 0.3) is 0 Å². The van der Waals surface area contributed by atoms with E-state index in [1.165, 1.54) is 32.4 Å². The van der Waals surface area contributed by atoms with Crippen LogP contribution in [0.5, 0.6) is 0 Å². The largest absolute Gasteiger partial charge is 0.311 e. The highest BCUT2D eigenvalue weighted by Crippen LogP contribution is 2.36. The number of nitrogens with zero attached hydrogens (tertiary/aromatic N) is 1. The second-order valence-electron chi connectivity index (χ2n) is 5.83. The summed E-state index contributed by atoms with van der Waals surface area (Å²) in [6, 6.07) is 1.49. The van der Waals surface area contributed by atoms with Crippen molar-refractivity contribution in [1.29, 1.82) is 0 Å². The molecular weight excluding hydrogens is 208 g/mol. The Kier molecular flexibility index (Phi) is 4.63. The third-order valence-corrected chi connectivity index (χ3v) is 4.56. The van der Waals surface area contributed by atoms with Gasteiger partial charge in [-0.1, -0.05) is 32.4 Å². The molecule has 2 aliphatic rings. The van der Waals surface area contributed by atoms with E-state index in [9.17, 15) is 0 Å². The molecule has 17 heavy (non-hydrogen) atoms. The SMILES string of the molecule is C/C=C/CN1CC(C(C)CC)NCC1C1CC1. The number of hydrogen-bond acceptors (Lipinski definition) is 2. The zero-order valence-corrected chi connectivity index (χ0v) is 11.7. The summed E-state index contributed by atoms with van der Waals surface area (Å²) in [6.45, 7) is 10.4. The minimum atomic E-state index is 0.695. The lowest BCUT2D eigenvalue weighted by Gasteiger charge is -2.42. The first-order valence-electron chi connectivity index (χ1n) is 7.34. The molecule has 3 atom stereocenters. The molecule has 0 spiro atoms. The van der Waals surface area contributed by atoms with E-state index in [1.54, 1.807) is 0 Å². The number of piperazine rings is 1. The van der Waals surface area contributed by atoms with Gasteiger partial charge in [0, 0.05) is 31.7 Å². The Morgan fingerprint density at radius 1 is 1.41 bits per heavy atom. The maximum absolute atomic E-state index is 3.78. The van der Waals surface area contributed by atoms with Gasteiger partial charge >= 0.3 is 0 Å². The minimum Gasteiger partial charge on any atom is -0.311 e. The summed E-state index contributed by atoms with van der Waals surface area (Å²) in [5.41, 5.74) is 0. The molecule has 2 heteroatoms. The van der Waals surface area contributed by atoms with Crippen LogP contribution in [0.15, 0.2) is 12.2 Å². The summed E-state index contributed by atoms with van der Waals surface area (Å²) in [4.78, 5) is 2.71. The van der Waals surface area contributed by atoms with Crippen LogP contribution in [0.1, 0.15) is 40.0 Å². The lowest BCUT2D eigenvalue weighted by molar-refractivity contribution is 0.108. The average molecular weight is 236 g/mol. The molecular formula is C15H28N2. The first-order valence-corrected chi connectivity index (χ1v) is 7.34. The van der Waals surface area contributed by atoms with Crippen LogP contribution in [0.4, 0.5) is 0 Å². The maximum Gasteiger partial charge on any atom is 0.0252 e. The minimum absolute atomic E-state index is 0.695. The summed E-state index contributed by atoms with van der Waals surface area (Å²) in [7, 11) is 0. The van der Waals surface area contributed by atoms with Crippen molar-refractivity contribution in [3.63, 3.8) is 0 Å². The summed E-state index contributed by atoms with van der Waals surface area (Å²) >= 11 is 0. The second-order valence-corrected chi connectivity index (χ2v) is 5.83. The van der Waals surface area contributed by atoms with Crippen LogP contribution in [-0.2, 0) is 0 Å². The summed E-state index contributed by atoms with van der Waals surface area (Å²) in [6.07, 6.45) is 8.68. The maximum atomic E-state index is 3.78. The molecule has 0 aromatic carbocycles. The molecule has 2 fully saturated rings. The van der Waals surface area contributed by atoms with Gasteiger partial charge < -0.3 is 5.32 Å². The lowest BCUT2D eigenvalue weighted by atomic mass is 9.94. The predicted molar refractivity (Wildman–Crippen MR) is 74.1 cm³/mol. The normalized spacial score (nSPS) is 33.1. The molecule has 0 aromatic heterocycles. The number of hydrogen-bond donors (Lipinski definition) is 1. The molecule has 1 saturated carbocycles. The van der Waals surface area contributed by atoms with Gasteiger partial charge in [0.25, 0.3) is 0 Å². The van der Waals surface area contributed by atoms with Crippen molar-refractivity contribution in [3.05, 3.63) is 12.2 Å². The number of nitrogens with one attached hydrogen (secondary N) is 1. The monoisotopic (exact) mass is 236 g/mol. The zero-order valence-electron chi connectivity index (χ0n) is 11.7. The lowest BCUT2D eigenvalue weighted by Crippen LogP contribution is -2.59. The highest BCUT2D eigenvalue weighted by Gasteiger charge is 2.38. The standard InChI is InChI=1S/C15H28N2/c1-4-6-9-17-11-14(12(3)5-2)16-10-15(17)13-7-8-13/h4,6,12-16H,5,7-11H2,1-3H3/b6-4+. The van der Waals surface area contributed by atoms with Crippen molar-refractivity contribution < 1.29 is 0 Å². The van der Waals surface area contributed by atoms with Crippen LogP contribution in [0, 0.1) is 11.8 Å². The molecule has 0 amide bonds. The summed E-state index contributed by atoms with van der Waals surface area (Å²) in [5, 5.41) is 3.78. The van der Waals surface area contributed by atoms with E-state index in [1.807, 2.05) is 0 Å². The van der Waals surface area contributed by atoms with E-state index < -0.39 is 0 Å². The van der Waals surface area contributed by atoms with Crippen molar-refractivity contribution >= 4 is 0 Å². The molecule has 1 aliphatic carbocycles. The third kappa shape index (κ3) is 3.32. The Morgan fingerprint density at radius 2 is 2.18 bits per heavy atom. The van der Waals surface area contributed by atoms with Crippen molar-refractivity contribution in [2.45, 2.75) is 52.1 Å². The molecule has 0 radical (unpaired) electrons. The number of allylic oxidation sites excluding steroid dienone is 1. The molecule has 2 rings (SSSR count). The van der Waals surface area contributed by atoms with Gasteiger partial charge in [-0.2, -0.15) is 0 Å². The van der Waals surface area contributed by atoms with Crippen LogP contribution in [0.3, 0.4) is 0 Å². The molecule has 1 saturated heterocycles. The molecule has 0 aromatic rings. The van der Waals surface area contributed by atoms with Crippen molar-refractivity contribution in [2.24, 2.45) is 11.8 Å². The van der Waals surface area contributed by atoms with Crippen molar-refractivity contribution in [3.8, 4) is 0 Å². The van der Waals surface area contributed by atoms with Gasteiger partial charge in [-0.05, 0) is 31.6 Å². The molecule has 1 aliphatic heterocycles. The first-order chi connectivity index (χ1) is 8.26. The smallest absolute Gasteiger partial charge is 0.0252 e. The quantitative estimate of drug-likeness (QED) is 0.738. The molecule has 1 heterocycles. The van der Waals surface area contributed by atoms with E-state index in [4.69, 9.17) is 0 Å². The van der Waals surface area contributed by atoms with E-state index >= 15 is 0 Å². The molecule has 2 nitrogen and oxygen atoms in total. The Hall–Kier alpha value is -0.340. The second kappa shape index (κ2) is 6.01. The summed E-state index contributed by atoms with van der Waals surface area (Å²) < 4.78 is 0. The van der Waals surface area contributed by atoms with Gasteiger partial charge in [0.1, 0.15) is 0 Å². The van der Waals surface area contributed by atoms with Crippen LogP contribution in [0.2, 0.25) is 0 Å². The summed E-state index contributed by atoms with van der Waals surface area (Å²) in [5.74, 6) is 1.77. The Morgan fingerprint density at radius 3 is 2.76 bits per heavy atom. The topological polar surface area (TPSA) is 15.3 Å². The first kappa shape index (κ1) is 13.1. The molecule has 3 unspecified atom stereocenters. The van der Waals surface area contributed by atoms with E-state index in [2.05, 4.69) is 43.1 Å². The van der Waals surface area contributed by atoms with Crippen molar-refractivity contribution in [1.82, 2.24) is 10.2 Å². The van der Waals surface area contributed by atoms with Gasteiger partial charge in [-0.15, -0.1) is 0 Å². The van der Waals surface area contributed by atoms with Gasteiger partial charge in [0.2, 0.25) is 0 Å². The Balaban J connectivity index is 1.93. The van der Waals surface area contributed by atoms with Crippen LogP contribution in [-0.4, -0.2) is 36.6 Å². The highest BCUT2D eigenvalue weighted by atomic mass is 15.2. The average Bonchev–Trinajstić information content (AvgIpc) is 3.19. The zero-order chi connectivity index (χ0) is 12.3. The molecule has 98 valence electrons. The Bertz CT molecular complexity index is 258. The fourth-order valence-corrected chi connectivity index (χ4v) is 2.92. The number of rotatable bonds is 5. The Labute approximate surface area is 106 Å². The van der Waals surface area contributed by atoms with Crippen LogP contribution >= 0.6 is 0 Å². The van der Waals surface area contributed by atoms with Crippen LogP contribution < -0.4 is 5.32 Å². The predicted octanol–water partition coefficient (Wildman–Crippen LogP) is 2.66. The van der Waals surface area contributed by atoms with Gasteiger partial charge in [0.15, 0.2) is 0 Å². The molecule has 0 bridgehead atoms. The van der Waals surface area contributed by atoms with E-state index in [0.29, 0.717) is 6.04 Å². The highest BCUT2D eigenvalue weighted by molar-refractivity contribution is 4.98. The fourth-order valence-electron chi connectivity index (χ4n) is 2.92. The fraction of sp³-hybridized carbons (Fsp3) is 0.867. The van der Waals surface area contributed by atoms with Gasteiger partial charge in [0.05, 0.1) is 0 Å². The third-order valence-electron chi connectivity index (χ3n) is 4.56. The van der Waals surface area contributed by atoms with Gasteiger partial charge in [-0.25, -0.2) is 0 Å². The molecule has 1 N–H and O–H groups in total. The van der Waals surface area contributed by atoms with E-state index in [-0.39, 0.29) is 0 Å². The van der Waals surface area contributed by atoms with Crippen molar-refractivity contribution in [2.75, 3.05) is 19.6 Å². The van der Waals surface area contributed by atoms with E-state index in [0.717, 1.165) is 24.4 Å².